The molecule has 3 aromatic carbocycles. The minimum absolute atomic E-state index is 0.150. The lowest BCUT2D eigenvalue weighted by atomic mass is 10.0. The van der Waals surface area contributed by atoms with Gasteiger partial charge in [-0.3, -0.25) is 0 Å². The molecule has 222 valence electrons. The Bertz CT molecular complexity index is 1790. The van der Waals surface area contributed by atoms with Gasteiger partial charge < -0.3 is 14.1 Å². The number of piperidine rings is 1. The van der Waals surface area contributed by atoms with Crippen LogP contribution in [0.3, 0.4) is 0 Å². The number of sulfonamides is 1. The summed E-state index contributed by atoms with van der Waals surface area (Å²) in [5.41, 5.74) is 2.43. The molecule has 0 N–H and O–H groups in total. The minimum Gasteiger partial charge on any atom is -0.416 e. The second-order valence-corrected chi connectivity index (χ2v) is 11.7. The molecule has 3 heterocycles. The number of benzene rings is 3. The van der Waals surface area contributed by atoms with E-state index in [9.17, 15) is 35.2 Å². The molecule has 0 aliphatic carbocycles. The third-order valence-electron chi connectivity index (χ3n) is 6.91. The maximum absolute atomic E-state index is 14.1. The molecule has 1 saturated heterocycles. The Kier molecular flexibility index (Phi) is 8.51. The normalized spacial score (nSPS) is 16.2. The zero-order valence-corrected chi connectivity index (χ0v) is 23.1. The van der Waals surface area contributed by atoms with E-state index in [1.807, 2.05) is 29.2 Å². The van der Waals surface area contributed by atoms with Gasteiger partial charge in [-0.2, -0.15) is 9.29 Å². The highest BCUT2D eigenvalue weighted by molar-refractivity contribution is 7.89. The van der Waals surface area contributed by atoms with Crippen LogP contribution >= 0.6 is 11.6 Å². The first kappa shape index (κ1) is 29.9. The number of anilines is 1. The Morgan fingerprint density at radius 3 is 2.24 bits per heavy atom. The zero-order chi connectivity index (χ0) is 30.2. The summed E-state index contributed by atoms with van der Waals surface area (Å²) in [4.78, 5) is 14.4. The van der Waals surface area contributed by atoms with Crippen LogP contribution in [0.15, 0.2) is 62.8 Å². The fourth-order valence-electron chi connectivity index (χ4n) is 4.84. The highest BCUT2D eigenvalue weighted by Crippen LogP contribution is 2.35. The maximum atomic E-state index is 14.1. The van der Waals surface area contributed by atoms with Gasteiger partial charge in [0.2, 0.25) is 15.8 Å². The van der Waals surface area contributed by atoms with E-state index < -0.39 is 49.8 Å². The number of halogens is 6. The Labute approximate surface area is 240 Å². The number of rotatable bonds is 3. The van der Waals surface area contributed by atoms with Crippen molar-refractivity contribution < 1.29 is 39.5 Å². The molecule has 42 heavy (non-hydrogen) atoms. The first-order valence-corrected chi connectivity index (χ1v) is 14.3. The van der Waals surface area contributed by atoms with Gasteiger partial charge >= 0.3 is 5.76 Å². The largest absolute Gasteiger partial charge is 0.439 e. The van der Waals surface area contributed by atoms with E-state index in [-0.39, 0.29) is 38.7 Å². The van der Waals surface area contributed by atoms with Gasteiger partial charge in [0, 0.05) is 40.8 Å². The van der Waals surface area contributed by atoms with Crippen LogP contribution in [0.25, 0.3) is 10.9 Å². The molecule has 15 heteroatoms. The first-order valence-electron chi connectivity index (χ1n) is 12.5. The standard InChI is InChI=1S/C19H16ClF5N2O3S.C8H5NO2/c20-11-1-2-13-10(7-11)8-30-9-27(13)12-3-5-26(6-4-12)31(28,29)19-17(24)15(22)14(21)16(23)18(19)25;10-8-9-7-4-2-1-3-6(7)5-11-8/h1-2,7,12H,3-6,8-9H2;1-5H. The number of para-hydroxylation sites is 1. The molecule has 0 atom stereocenters. The lowest BCUT2D eigenvalue weighted by molar-refractivity contribution is 0.0987. The number of aromatic nitrogens is 1. The van der Waals surface area contributed by atoms with Crippen molar-refractivity contribution in [3.63, 3.8) is 0 Å². The Balaban J connectivity index is 0.000000267. The van der Waals surface area contributed by atoms with Crippen molar-refractivity contribution in [3.8, 4) is 0 Å². The second-order valence-electron chi connectivity index (χ2n) is 9.43. The fourth-order valence-corrected chi connectivity index (χ4v) is 6.61. The molecule has 6 rings (SSSR count). The van der Waals surface area contributed by atoms with Gasteiger partial charge in [0.25, 0.3) is 0 Å². The minimum atomic E-state index is -4.94. The van der Waals surface area contributed by atoms with Crippen LogP contribution < -0.4 is 10.7 Å². The molecule has 0 unspecified atom stereocenters. The molecule has 0 amide bonds. The number of hydrogen-bond acceptors (Lipinski definition) is 7. The van der Waals surface area contributed by atoms with Gasteiger partial charge in [-0.15, -0.1) is 0 Å². The smallest absolute Gasteiger partial charge is 0.416 e. The molecule has 2 aliphatic heterocycles. The average molecular weight is 630 g/mol. The van der Waals surface area contributed by atoms with Crippen molar-refractivity contribution in [2.45, 2.75) is 30.4 Å². The van der Waals surface area contributed by atoms with Gasteiger partial charge in [-0.1, -0.05) is 23.7 Å². The first-order chi connectivity index (χ1) is 20.0. The number of ether oxygens (including phenoxy) is 1. The van der Waals surface area contributed by atoms with Crippen LogP contribution in [0.4, 0.5) is 27.6 Å². The van der Waals surface area contributed by atoms with E-state index in [4.69, 9.17) is 16.3 Å². The summed E-state index contributed by atoms with van der Waals surface area (Å²) in [5.74, 6) is -12.3. The van der Waals surface area contributed by atoms with Gasteiger partial charge in [0.1, 0.15) is 13.0 Å². The Morgan fingerprint density at radius 1 is 0.905 bits per heavy atom. The summed E-state index contributed by atoms with van der Waals surface area (Å²) in [6, 6.07) is 12.5. The fraction of sp³-hybridized carbons (Fsp3) is 0.259. The number of hydrogen-bond donors (Lipinski definition) is 0. The van der Waals surface area contributed by atoms with Crippen molar-refractivity contribution in [1.29, 1.82) is 0 Å². The lowest BCUT2D eigenvalue weighted by Crippen LogP contribution is -2.48. The van der Waals surface area contributed by atoms with Crippen LogP contribution in [0, 0.1) is 29.1 Å². The van der Waals surface area contributed by atoms with E-state index in [1.165, 1.54) is 6.26 Å². The third-order valence-corrected chi connectivity index (χ3v) is 9.06. The zero-order valence-electron chi connectivity index (χ0n) is 21.5. The number of fused-ring (bicyclic) bond motifs is 2. The molecule has 0 radical (unpaired) electrons. The SMILES string of the molecule is O=S(=O)(c1c(F)c(F)c(F)c(F)c1F)N1CCC(N2COCc3cc(Cl)ccc32)CC1.O=c1nc2ccccc2co1. The van der Waals surface area contributed by atoms with Crippen molar-refractivity contribution in [2.75, 3.05) is 24.7 Å². The van der Waals surface area contributed by atoms with Crippen LogP contribution in [0.2, 0.25) is 5.02 Å². The monoisotopic (exact) mass is 629 g/mol. The Hall–Kier alpha value is -3.59. The van der Waals surface area contributed by atoms with Crippen LogP contribution in [-0.4, -0.2) is 43.6 Å². The molecule has 2 aliphatic rings. The molecule has 0 spiro atoms. The van der Waals surface area contributed by atoms with E-state index in [0.717, 1.165) is 20.9 Å². The van der Waals surface area contributed by atoms with Gasteiger partial charge in [0.15, 0.2) is 28.2 Å². The molecule has 4 aromatic rings. The molecular weight excluding hydrogens is 609 g/mol. The average Bonchev–Trinajstić information content (AvgIpc) is 2.99. The molecule has 1 fully saturated rings. The lowest BCUT2D eigenvalue weighted by Gasteiger charge is -2.41. The van der Waals surface area contributed by atoms with Crippen molar-refractivity contribution in [3.05, 3.63) is 99.0 Å². The van der Waals surface area contributed by atoms with Crippen molar-refractivity contribution in [1.82, 2.24) is 9.29 Å². The Morgan fingerprint density at radius 2 is 1.55 bits per heavy atom. The summed E-state index contributed by atoms with van der Waals surface area (Å²) in [6.07, 6.45) is 1.94. The molecular formula is C27H21ClF5N3O5S. The van der Waals surface area contributed by atoms with Gasteiger partial charge in [0.05, 0.1) is 12.1 Å². The van der Waals surface area contributed by atoms with E-state index in [2.05, 4.69) is 9.40 Å². The van der Waals surface area contributed by atoms with Crippen LogP contribution in [0.5, 0.6) is 0 Å². The topological polar surface area (TPSA) is 93.0 Å². The van der Waals surface area contributed by atoms with Gasteiger partial charge in [-0.25, -0.2) is 35.2 Å². The summed E-state index contributed by atoms with van der Waals surface area (Å²) in [5, 5.41) is 1.39. The van der Waals surface area contributed by atoms with Crippen molar-refractivity contribution >= 4 is 38.2 Å². The quantitative estimate of drug-likeness (QED) is 0.171. The molecule has 1 aromatic heterocycles. The highest BCUT2D eigenvalue weighted by atomic mass is 35.5. The number of nitrogens with zero attached hydrogens (tertiary/aromatic N) is 3. The predicted molar refractivity (Wildman–Crippen MR) is 142 cm³/mol. The van der Waals surface area contributed by atoms with Crippen LogP contribution in [-0.2, 0) is 21.4 Å². The van der Waals surface area contributed by atoms with Gasteiger partial charge in [-0.05, 0) is 43.2 Å². The second kappa shape index (κ2) is 12.0. The maximum Gasteiger partial charge on any atom is 0.439 e. The highest BCUT2D eigenvalue weighted by Gasteiger charge is 2.39. The van der Waals surface area contributed by atoms with E-state index in [0.29, 0.717) is 17.1 Å². The van der Waals surface area contributed by atoms with Crippen molar-refractivity contribution in [2.24, 2.45) is 0 Å². The third kappa shape index (κ3) is 5.71. The summed E-state index contributed by atoms with van der Waals surface area (Å²) < 4.78 is 105. The van der Waals surface area contributed by atoms with E-state index in [1.54, 1.807) is 18.2 Å². The van der Waals surface area contributed by atoms with E-state index >= 15 is 0 Å². The molecule has 0 saturated carbocycles. The molecule has 0 bridgehead atoms. The predicted octanol–water partition coefficient (Wildman–Crippen LogP) is 5.37. The molecule has 8 nitrogen and oxygen atoms in total. The summed E-state index contributed by atoms with van der Waals surface area (Å²) >= 11 is 6.01. The van der Waals surface area contributed by atoms with Crippen LogP contribution in [0.1, 0.15) is 18.4 Å². The summed E-state index contributed by atoms with van der Waals surface area (Å²) in [7, 11) is -4.94. The summed E-state index contributed by atoms with van der Waals surface area (Å²) in [6.45, 7) is 0.321.